The Morgan fingerprint density at radius 2 is 2.03 bits per heavy atom. The molecule has 1 unspecified atom stereocenters. The van der Waals surface area contributed by atoms with Gasteiger partial charge in [0, 0.05) is 48.1 Å². The average Bonchev–Trinajstić information content (AvgIpc) is 3.46. The molecule has 0 saturated carbocycles. The Morgan fingerprint density at radius 1 is 1.12 bits per heavy atom. The maximum atomic E-state index is 6.12. The van der Waals surface area contributed by atoms with Gasteiger partial charge in [-0.25, -0.2) is 4.98 Å². The molecule has 0 aliphatic carbocycles. The third kappa shape index (κ3) is 3.80. The second-order valence-electron chi connectivity index (χ2n) is 7.38. The van der Waals surface area contributed by atoms with E-state index in [-0.39, 0.29) is 6.04 Å². The highest BCUT2D eigenvalue weighted by Crippen LogP contribution is 2.32. The molecule has 0 N–H and O–H groups in total. The number of anilines is 1. The van der Waals surface area contributed by atoms with Crippen LogP contribution < -0.4 is 9.64 Å². The Morgan fingerprint density at radius 3 is 2.81 bits per heavy atom. The number of ether oxygens (including phenoxy) is 2. The van der Waals surface area contributed by atoms with Crippen molar-refractivity contribution in [2.75, 3.05) is 31.8 Å². The number of benzene rings is 1. The third-order valence-electron chi connectivity index (χ3n) is 5.42. The summed E-state index contributed by atoms with van der Waals surface area (Å²) in [5, 5.41) is 13.8. The first-order chi connectivity index (χ1) is 15.6. The van der Waals surface area contributed by atoms with Crippen molar-refractivity contribution in [3.05, 3.63) is 59.4 Å². The first kappa shape index (κ1) is 20.5. The van der Waals surface area contributed by atoms with Crippen LogP contribution in [-0.2, 0) is 11.8 Å². The normalized spacial score (nSPS) is 16.3. The van der Waals surface area contributed by atoms with E-state index < -0.39 is 0 Å². The summed E-state index contributed by atoms with van der Waals surface area (Å²) in [6.45, 7) is 1.70. The molecule has 4 aromatic rings. The van der Waals surface area contributed by atoms with E-state index in [0.717, 1.165) is 22.8 Å². The molecular weight excluding hydrogens is 432 g/mol. The standard InChI is InChI=1S/C22H21ClN6O3/c1-28-21(15-6-7-20(30-2)24-12-15)25-26-22(28)29-8-9-31-13-18(29)17-11-19(32-27-17)14-4-3-5-16(23)10-14/h3-7,10-12,18H,8-9,13H2,1-2H3. The topological polar surface area (TPSA) is 91.3 Å². The van der Waals surface area contributed by atoms with Crippen molar-refractivity contribution in [3.63, 3.8) is 0 Å². The highest BCUT2D eigenvalue weighted by molar-refractivity contribution is 6.30. The number of methoxy groups -OCH3 is 1. The van der Waals surface area contributed by atoms with Gasteiger partial charge in [0.25, 0.3) is 0 Å². The first-order valence-corrected chi connectivity index (χ1v) is 10.5. The van der Waals surface area contributed by atoms with Gasteiger partial charge in [0.2, 0.25) is 11.8 Å². The Kier molecular flexibility index (Phi) is 5.50. The SMILES string of the molecule is COc1ccc(-c2nnc(N3CCOCC3c3cc(-c4cccc(Cl)c4)on3)n2C)cn1. The molecule has 5 rings (SSSR count). The number of hydrogen-bond donors (Lipinski definition) is 0. The van der Waals surface area contributed by atoms with Crippen LogP contribution in [0.2, 0.25) is 5.02 Å². The summed E-state index contributed by atoms with van der Waals surface area (Å²) in [7, 11) is 3.52. The molecule has 0 amide bonds. The summed E-state index contributed by atoms with van der Waals surface area (Å²) in [6, 6.07) is 12.9. The van der Waals surface area contributed by atoms with Gasteiger partial charge < -0.3 is 18.9 Å². The fourth-order valence-electron chi connectivity index (χ4n) is 3.77. The van der Waals surface area contributed by atoms with Crippen molar-refractivity contribution in [1.29, 1.82) is 0 Å². The lowest BCUT2D eigenvalue weighted by Gasteiger charge is -2.34. The molecule has 1 atom stereocenters. The molecule has 1 aromatic carbocycles. The van der Waals surface area contributed by atoms with Crippen LogP contribution in [0.3, 0.4) is 0 Å². The molecule has 4 heterocycles. The lowest BCUT2D eigenvalue weighted by atomic mass is 10.1. The number of morpholine rings is 1. The molecule has 0 spiro atoms. The number of aromatic nitrogens is 5. The predicted octanol–water partition coefficient (Wildman–Crippen LogP) is 3.77. The number of pyridine rings is 1. The summed E-state index contributed by atoms with van der Waals surface area (Å²) in [6.07, 6.45) is 1.72. The number of halogens is 1. The monoisotopic (exact) mass is 452 g/mol. The van der Waals surface area contributed by atoms with Gasteiger partial charge in [0.05, 0.1) is 20.3 Å². The summed E-state index contributed by atoms with van der Waals surface area (Å²) in [4.78, 5) is 6.40. The van der Waals surface area contributed by atoms with Crippen molar-refractivity contribution in [1.82, 2.24) is 24.9 Å². The van der Waals surface area contributed by atoms with Crippen LogP contribution in [0.4, 0.5) is 5.95 Å². The smallest absolute Gasteiger partial charge is 0.227 e. The van der Waals surface area contributed by atoms with Crippen LogP contribution in [0, 0.1) is 0 Å². The molecule has 1 fully saturated rings. The number of hydrogen-bond acceptors (Lipinski definition) is 8. The zero-order valence-electron chi connectivity index (χ0n) is 17.6. The zero-order chi connectivity index (χ0) is 22.1. The van der Waals surface area contributed by atoms with Crippen molar-refractivity contribution < 1.29 is 14.0 Å². The van der Waals surface area contributed by atoms with Crippen LogP contribution >= 0.6 is 11.6 Å². The maximum Gasteiger partial charge on any atom is 0.227 e. The summed E-state index contributed by atoms with van der Waals surface area (Å²) in [5.74, 6) is 2.62. The van der Waals surface area contributed by atoms with Gasteiger partial charge in [-0.3, -0.25) is 4.57 Å². The molecule has 32 heavy (non-hydrogen) atoms. The van der Waals surface area contributed by atoms with Gasteiger partial charge in [-0.05, 0) is 18.2 Å². The maximum absolute atomic E-state index is 6.12. The van der Waals surface area contributed by atoms with Crippen molar-refractivity contribution >= 4 is 17.5 Å². The van der Waals surface area contributed by atoms with Gasteiger partial charge in [0.1, 0.15) is 11.7 Å². The molecular formula is C22H21ClN6O3. The molecule has 164 valence electrons. The van der Waals surface area contributed by atoms with E-state index in [4.69, 9.17) is 25.6 Å². The second-order valence-corrected chi connectivity index (χ2v) is 7.82. The van der Waals surface area contributed by atoms with E-state index in [1.165, 1.54) is 0 Å². The lowest BCUT2D eigenvalue weighted by Crippen LogP contribution is -2.41. The van der Waals surface area contributed by atoms with E-state index in [9.17, 15) is 0 Å². The molecule has 1 aliphatic rings. The van der Waals surface area contributed by atoms with Crippen molar-refractivity contribution in [3.8, 4) is 28.6 Å². The van der Waals surface area contributed by atoms with E-state index in [0.29, 0.717) is 42.2 Å². The summed E-state index contributed by atoms with van der Waals surface area (Å²) >= 11 is 6.12. The van der Waals surface area contributed by atoms with Crippen LogP contribution in [-0.4, -0.2) is 51.8 Å². The fourth-order valence-corrected chi connectivity index (χ4v) is 3.96. The predicted molar refractivity (Wildman–Crippen MR) is 119 cm³/mol. The van der Waals surface area contributed by atoms with Crippen molar-refractivity contribution in [2.45, 2.75) is 6.04 Å². The fraction of sp³-hybridized carbons (Fsp3) is 0.273. The first-order valence-electron chi connectivity index (χ1n) is 10.1. The third-order valence-corrected chi connectivity index (χ3v) is 5.65. The highest BCUT2D eigenvalue weighted by Gasteiger charge is 2.31. The number of rotatable bonds is 5. The zero-order valence-corrected chi connectivity index (χ0v) is 18.4. The summed E-state index contributed by atoms with van der Waals surface area (Å²) in [5.41, 5.74) is 2.48. The molecule has 9 nitrogen and oxygen atoms in total. The van der Waals surface area contributed by atoms with Gasteiger partial charge in [-0.15, -0.1) is 10.2 Å². The summed E-state index contributed by atoms with van der Waals surface area (Å²) < 4.78 is 18.5. The van der Waals surface area contributed by atoms with Gasteiger partial charge in [0.15, 0.2) is 11.6 Å². The molecule has 3 aromatic heterocycles. The Labute approximate surface area is 189 Å². The molecule has 10 heteroatoms. The minimum absolute atomic E-state index is 0.162. The Hall–Kier alpha value is -3.43. The van der Waals surface area contributed by atoms with Crippen LogP contribution in [0.1, 0.15) is 11.7 Å². The molecule has 0 bridgehead atoms. The Balaban J connectivity index is 1.45. The molecule has 1 aliphatic heterocycles. The van der Waals surface area contributed by atoms with Crippen LogP contribution in [0.5, 0.6) is 5.88 Å². The highest BCUT2D eigenvalue weighted by atomic mass is 35.5. The second kappa shape index (κ2) is 8.60. The van der Waals surface area contributed by atoms with Gasteiger partial charge in [-0.2, -0.15) is 0 Å². The average molecular weight is 453 g/mol. The minimum atomic E-state index is -0.162. The molecule has 1 saturated heterocycles. The minimum Gasteiger partial charge on any atom is -0.481 e. The van der Waals surface area contributed by atoms with Crippen LogP contribution in [0.25, 0.3) is 22.7 Å². The number of nitrogens with zero attached hydrogens (tertiary/aromatic N) is 6. The van der Waals surface area contributed by atoms with Gasteiger partial charge in [-0.1, -0.05) is 28.9 Å². The van der Waals surface area contributed by atoms with E-state index in [2.05, 4.69) is 25.2 Å². The molecule has 0 radical (unpaired) electrons. The van der Waals surface area contributed by atoms with Gasteiger partial charge >= 0.3 is 0 Å². The van der Waals surface area contributed by atoms with E-state index in [1.807, 2.05) is 48.0 Å². The van der Waals surface area contributed by atoms with E-state index >= 15 is 0 Å². The van der Waals surface area contributed by atoms with Crippen molar-refractivity contribution in [2.24, 2.45) is 7.05 Å². The van der Waals surface area contributed by atoms with Crippen LogP contribution in [0.15, 0.2) is 53.2 Å². The quantitative estimate of drug-likeness (QED) is 0.452. The lowest BCUT2D eigenvalue weighted by molar-refractivity contribution is 0.0908. The Bertz CT molecular complexity index is 1220. The largest absolute Gasteiger partial charge is 0.481 e. The van der Waals surface area contributed by atoms with E-state index in [1.54, 1.807) is 19.4 Å².